The van der Waals surface area contributed by atoms with Crippen molar-refractivity contribution in [3.8, 4) is 11.5 Å². The van der Waals surface area contributed by atoms with Crippen LogP contribution in [-0.2, 0) is 13.0 Å². The predicted molar refractivity (Wildman–Crippen MR) is 80.1 cm³/mol. The number of rotatable bonds is 6. The number of ether oxygens (including phenoxy) is 2. The van der Waals surface area contributed by atoms with Gasteiger partial charge in [-0.1, -0.05) is 19.1 Å². The van der Waals surface area contributed by atoms with E-state index in [0.29, 0.717) is 11.3 Å². The molecule has 0 heterocycles. The molecule has 0 unspecified atom stereocenters. The van der Waals surface area contributed by atoms with Gasteiger partial charge in [-0.05, 0) is 42.3 Å². The van der Waals surface area contributed by atoms with Gasteiger partial charge in [0.2, 0.25) is 0 Å². The molecule has 4 nitrogen and oxygen atoms in total. The number of hydrogen-bond acceptors (Lipinski definition) is 3. The molecule has 0 bridgehead atoms. The van der Waals surface area contributed by atoms with Crippen LogP contribution in [0.15, 0.2) is 42.5 Å². The van der Waals surface area contributed by atoms with Gasteiger partial charge in [0.25, 0.3) is 0 Å². The Hall–Kier alpha value is -2.49. The lowest BCUT2D eigenvalue weighted by Gasteiger charge is -2.11. The number of aryl methyl sites for hydroxylation is 1. The lowest BCUT2D eigenvalue weighted by Crippen LogP contribution is -2.03. The first-order valence-corrected chi connectivity index (χ1v) is 6.76. The zero-order chi connectivity index (χ0) is 15.2. The molecule has 110 valence electrons. The second-order valence-corrected chi connectivity index (χ2v) is 4.62. The molecule has 0 saturated heterocycles. The molecular weight excluding hydrogens is 268 g/mol. The van der Waals surface area contributed by atoms with Crippen LogP contribution < -0.4 is 9.47 Å². The first kappa shape index (κ1) is 14.9. The third-order valence-electron chi connectivity index (χ3n) is 3.23. The molecule has 0 radical (unpaired) electrons. The van der Waals surface area contributed by atoms with E-state index in [0.717, 1.165) is 12.2 Å². The van der Waals surface area contributed by atoms with Crippen LogP contribution in [-0.4, -0.2) is 18.2 Å². The van der Waals surface area contributed by atoms with Gasteiger partial charge in [0.05, 0.1) is 12.7 Å². The highest BCUT2D eigenvalue weighted by atomic mass is 16.5. The SMILES string of the molecule is CCc1cccc(OCc2cc(C(=O)O)ccc2OC)c1. The van der Waals surface area contributed by atoms with Gasteiger partial charge < -0.3 is 14.6 Å². The van der Waals surface area contributed by atoms with Crippen molar-refractivity contribution in [2.75, 3.05) is 7.11 Å². The number of methoxy groups -OCH3 is 1. The molecule has 0 aliphatic heterocycles. The summed E-state index contributed by atoms with van der Waals surface area (Å²) in [7, 11) is 1.55. The summed E-state index contributed by atoms with van der Waals surface area (Å²) >= 11 is 0. The van der Waals surface area contributed by atoms with Crippen molar-refractivity contribution in [2.45, 2.75) is 20.0 Å². The largest absolute Gasteiger partial charge is 0.496 e. The number of aromatic carboxylic acids is 1. The molecule has 0 spiro atoms. The Labute approximate surface area is 123 Å². The minimum atomic E-state index is -0.966. The molecule has 2 aromatic rings. The van der Waals surface area contributed by atoms with Crippen molar-refractivity contribution >= 4 is 5.97 Å². The molecule has 0 aliphatic rings. The van der Waals surface area contributed by atoms with Crippen LogP contribution in [0.2, 0.25) is 0 Å². The van der Waals surface area contributed by atoms with Crippen molar-refractivity contribution in [3.63, 3.8) is 0 Å². The zero-order valence-corrected chi connectivity index (χ0v) is 12.1. The van der Waals surface area contributed by atoms with Gasteiger partial charge in [-0.2, -0.15) is 0 Å². The molecule has 2 aromatic carbocycles. The third kappa shape index (κ3) is 3.75. The summed E-state index contributed by atoms with van der Waals surface area (Å²) in [5.41, 5.74) is 2.12. The van der Waals surface area contributed by atoms with Crippen molar-refractivity contribution in [1.82, 2.24) is 0 Å². The second-order valence-electron chi connectivity index (χ2n) is 4.62. The summed E-state index contributed by atoms with van der Waals surface area (Å²) in [5, 5.41) is 9.04. The fourth-order valence-corrected chi connectivity index (χ4v) is 2.04. The number of hydrogen-bond donors (Lipinski definition) is 1. The summed E-state index contributed by atoms with van der Waals surface area (Å²) < 4.78 is 11.0. The van der Waals surface area contributed by atoms with E-state index < -0.39 is 5.97 Å². The first-order chi connectivity index (χ1) is 10.1. The summed E-state index contributed by atoms with van der Waals surface area (Å²) in [4.78, 5) is 11.0. The number of carboxylic acid groups (broad SMARTS) is 1. The van der Waals surface area contributed by atoms with Crippen LogP contribution in [0.3, 0.4) is 0 Å². The summed E-state index contributed by atoms with van der Waals surface area (Å²) in [6.45, 7) is 2.34. The molecule has 4 heteroatoms. The Bertz CT molecular complexity index is 634. The standard InChI is InChI=1S/C17H18O4/c1-3-12-5-4-6-15(9-12)21-11-14-10-13(17(18)19)7-8-16(14)20-2/h4-10H,3,11H2,1-2H3,(H,18,19). The molecule has 1 N–H and O–H groups in total. The van der Waals surface area contributed by atoms with Gasteiger partial charge in [-0.3, -0.25) is 0 Å². The number of carbonyl (C=O) groups is 1. The highest BCUT2D eigenvalue weighted by molar-refractivity contribution is 5.88. The molecular formula is C17H18O4. The Morgan fingerprint density at radius 1 is 1.19 bits per heavy atom. The van der Waals surface area contributed by atoms with E-state index in [4.69, 9.17) is 14.6 Å². The highest BCUT2D eigenvalue weighted by Crippen LogP contribution is 2.23. The van der Waals surface area contributed by atoms with E-state index in [9.17, 15) is 4.79 Å². The first-order valence-electron chi connectivity index (χ1n) is 6.76. The van der Waals surface area contributed by atoms with Gasteiger partial charge in [-0.15, -0.1) is 0 Å². The van der Waals surface area contributed by atoms with E-state index in [1.165, 1.54) is 11.6 Å². The van der Waals surface area contributed by atoms with Crippen LogP contribution in [0, 0.1) is 0 Å². The molecule has 0 atom stereocenters. The van der Waals surface area contributed by atoms with Gasteiger partial charge in [-0.25, -0.2) is 4.79 Å². The normalized spacial score (nSPS) is 10.2. The van der Waals surface area contributed by atoms with Crippen molar-refractivity contribution < 1.29 is 19.4 Å². The average molecular weight is 286 g/mol. The Morgan fingerprint density at radius 2 is 2.00 bits per heavy atom. The van der Waals surface area contributed by atoms with Crippen LogP contribution in [0.5, 0.6) is 11.5 Å². The lowest BCUT2D eigenvalue weighted by atomic mass is 10.1. The van der Waals surface area contributed by atoms with Crippen molar-refractivity contribution in [1.29, 1.82) is 0 Å². The molecule has 0 saturated carbocycles. The smallest absolute Gasteiger partial charge is 0.335 e. The average Bonchev–Trinajstić information content (AvgIpc) is 2.52. The summed E-state index contributed by atoms with van der Waals surface area (Å²) in [5.74, 6) is 0.413. The van der Waals surface area contributed by atoms with E-state index in [1.54, 1.807) is 19.2 Å². The van der Waals surface area contributed by atoms with E-state index >= 15 is 0 Å². The van der Waals surface area contributed by atoms with Crippen molar-refractivity contribution in [3.05, 3.63) is 59.2 Å². The molecule has 0 amide bonds. The van der Waals surface area contributed by atoms with Crippen LogP contribution in [0.4, 0.5) is 0 Å². The molecule has 0 fully saturated rings. The lowest BCUT2D eigenvalue weighted by molar-refractivity contribution is 0.0696. The number of carboxylic acids is 1. The summed E-state index contributed by atoms with van der Waals surface area (Å²) in [6.07, 6.45) is 0.940. The van der Waals surface area contributed by atoms with Crippen LogP contribution >= 0.6 is 0 Å². The van der Waals surface area contributed by atoms with Crippen LogP contribution in [0.25, 0.3) is 0 Å². The fourth-order valence-electron chi connectivity index (χ4n) is 2.04. The maximum Gasteiger partial charge on any atom is 0.335 e. The van der Waals surface area contributed by atoms with E-state index in [1.807, 2.05) is 24.3 Å². The van der Waals surface area contributed by atoms with E-state index in [2.05, 4.69) is 6.92 Å². The van der Waals surface area contributed by atoms with Gasteiger partial charge in [0.1, 0.15) is 18.1 Å². The predicted octanol–water partition coefficient (Wildman–Crippen LogP) is 3.53. The second kappa shape index (κ2) is 6.79. The van der Waals surface area contributed by atoms with E-state index in [-0.39, 0.29) is 12.2 Å². The maximum absolute atomic E-state index is 11.0. The Kier molecular flexibility index (Phi) is 4.82. The topological polar surface area (TPSA) is 55.8 Å². The zero-order valence-electron chi connectivity index (χ0n) is 12.1. The van der Waals surface area contributed by atoms with Crippen molar-refractivity contribution in [2.24, 2.45) is 0 Å². The fraction of sp³-hybridized carbons (Fsp3) is 0.235. The monoisotopic (exact) mass is 286 g/mol. The number of benzene rings is 2. The minimum Gasteiger partial charge on any atom is -0.496 e. The molecule has 0 aromatic heterocycles. The Morgan fingerprint density at radius 3 is 2.67 bits per heavy atom. The molecule has 21 heavy (non-hydrogen) atoms. The van der Waals surface area contributed by atoms with Gasteiger partial charge >= 0.3 is 5.97 Å². The third-order valence-corrected chi connectivity index (χ3v) is 3.23. The minimum absolute atomic E-state index is 0.219. The van der Waals surface area contributed by atoms with Gasteiger partial charge in [0, 0.05) is 5.56 Å². The highest BCUT2D eigenvalue weighted by Gasteiger charge is 2.09. The van der Waals surface area contributed by atoms with Crippen LogP contribution in [0.1, 0.15) is 28.4 Å². The summed E-state index contributed by atoms with van der Waals surface area (Å²) in [6, 6.07) is 12.6. The molecule has 0 aliphatic carbocycles. The Balaban J connectivity index is 2.17. The quantitative estimate of drug-likeness (QED) is 0.882. The van der Waals surface area contributed by atoms with Gasteiger partial charge in [0.15, 0.2) is 0 Å². The molecule has 2 rings (SSSR count). The maximum atomic E-state index is 11.0.